The second-order valence-electron chi connectivity index (χ2n) is 5.45. The Kier molecular flexibility index (Phi) is 4.82. The molecule has 0 aliphatic carbocycles. The predicted molar refractivity (Wildman–Crippen MR) is 89.3 cm³/mol. The number of ether oxygens (including phenoxy) is 3. The van der Waals surface area contributed by atoms with Gasteiger partial charge in [-0.1, -0.05) is 6.07 Å². The maximum Gasteiger partial charge on any atom is 0.321 e. The second-order valence-corrected chi connectivity index (χ2v) is 5.45. The van der Waals surface area contributed by atoms with Crippen molar-refractivity contribution >= 4 is 11.9 Å². The van der Waals surface area contributed by atoms with Gasteiger partial charge in [0, 0.05) is 14.1 Å². The van der Waals surface area contributed by atoms with Gasteiger partial charge in [-0.2, -0.15) is 15.0 Å². The van der Waals surface area contributed by atoms with Gasteiger partial charge >= 0.3 is 6.01 Å². The summed E-state index contributed by atoms with van der Waals surface area (Å²) >= 11 is 0. The van der Waals surface area contributed by atoms with Gasteiger partial charge in [0.15, 0.2) is 17.3 Å². The summed E-state index contributed by atoms with van der Waals surface area (Å²) in [6.45, 7) is 1.01. The zero-order valence-corrected chi connectivity index (χ0v) is 14.3. The minimum Gasteiger partial charge on any atom is -0.486 e. The molecule has 0 radical (unpaired) electrons. The highest BCUT2D eigenvalue weighted by atomic mass is 16.6. The fourth-order valence-electron chi connectivity index (χ4n) is 2.26. The topological polar surface area (TPSA) is 98.7 Å². The van der Waals surface area contributed by atoms with E-state index in [0.717, 1.165) is 0 Å². The first-order chi connectivity index (χ1) is 12.1. The van der Waals surface area contributed by atoms with E-state index in [0.29, 0.717) is 42.0 Å². The number of carbonyl (C=O) groups is 1. The zero-order valence-electron chi connectivity index (χ0n) is 14.3. The first-order valence-electron chi connectivity index (χ1n) is 7.71. The Balaban J connectivity index is 1.76. The van der Waals surface area contributed by atoms with Crippen molar-refractivity contribution in [1.82, 2.24) is 20.3 Å². The summed E-state index contributed by atoms with van der Waals surface area (Å²) in [5.74, 6) is 1.56. The number of nitrogens with one attached hydrogen (secondary N) is 1. The first kappa shape index (κ1) is 16.7. The van der Waals surface area contributed by atoms with Gasteiger partial charge in [-0.25, -0.2) is 0 Å². The molecule has 1 aromatic carbocycles. The van der Waals surface area contributed by atoms with Gasteiger partial charge in [-0.05, 0) is 12.1 Å². The van der Waals surface area contributed by atoms with Crippen LogP contribution in [0.25, 0.3) is 0 Å². The molecule has 0 atom stereocenters. The number of anilines is 1. The molecule has 3 rings (SSSR count). The zero-order chi connectivity index (χ0) is 17.8. The van der Waals surface area contributed by atoms with Gasteiger partial charge in [-0.15, -0.1) is 0 Å². The van der Waals surface area contributed by atoms with Crippen molar-refractivity contribution < 1.29 is 19.0 Å². The van der Waals surface area contributed by atoms with Crippen LogP contribution in [0.15, 0.2) is 18.2 Å². The van der Waals surface area contributed by atoms with Gasteiger partial charge in [0.05, 0.1) is 19.2 Å². The highest BCUT2D eigenvalue weighted by Gasteiger charge is 2.20. The molecule has 25 heavy (non-hydrogen) atoms. The monoisotopic (exact) mass is 345 g/mol. The molecule has 1 aliphatic heterocycles. The van der Waals surface area contributed by atoms with Crippen molar-refractivity contribution in [2.75, 3.05) is 39.3 Å². The molecule has 0 bridgehead atoms. The maximum atomic E-state index is 12.5. The Morgan fingerprint density at radius 2 is 2.04 bits per heavy atom. The first-order valence-corrected chi connectivity index (χ1v) is 7.71. The number of amides is 1. The number of aromatic nitrogens is 3. The average Bonchev–Trinajstić information content (AvgIpc) is 2.65. The molecule has 0 fully saturated rings. The molecule has 0 unspecified atom stereocenters. The summed E-state index contributed by atoms with van der Waals surface area (Å²) in [6, 6.07) is 5.39. The molecule has 132 valence electrons. The predicted octanol–water partition coefficient (Wildman–Crippen LogP) is 0.647. The second kappa shape index (κ2) is 7.20. The summed E-state index contributed by atoms with van der Waals surface area (Å²) in [4.78, 5) is 26.8. The summed E-state index contributed by atoms with van der Waals surface area (Å²) in [6.07, 6.45) is 0. The lowest BCUT2D eigenvalue weighted by Crippen LogP contribution is -2.27. The van der Waals surface area contributed by atoms with Crippen molar-refractivity contribution in [1.29, 1.82) is 0 Å². The number of rotatable bonds is 5. The SMILES string of the molecule is COc1nc(CNC(=O)c2cccc3c2OCCO3)nc(N(C)C)n1. The fourth-order valence-corrected chi connectivity index (χ4v) is 2.26. The maximum absolute atomic E-state index is 12.5. The van der Waals surface area contributed by atoms with Crippen molar-refractivity contribution in [2.24, 2.45) is 0 Å². The van der Waals surface area contributed by atoms with Crippen LogP contribution in [0.3, 0.4) is 0 Å². The largest absolute Gasteiger partial charge is 0.486 e. The fraction of sp³-hybridized carbons (Fsp3) is 0.375. The Labute approximate surface area is 145 Å². The summed E-state index contributed by atoms with van der Waals surface area (Å²) in [5.41, 5.74) is 0.408. The van der Waals surface area contributed by atoms with E-state index in [-0.39, 0.29) is 18.5 Å². The molecular formula is C16H19N5O4. The lowest BCUT2D eigenvalue weighted by atomic mass is 10.1. The summed E-state index contributed by atoms with van der Waals surface area (Å²) in [5, 5.41) is 2.78. The van der Waals surface area contributed by atoms with E-state index in [1.807, 2.05) is 14.1 Å². The van der Waals surface area contributed by atoms with E-state index >= 15 is 0 Å². The number of hydrogen-bond acceptors (Lipinski definition) is 8. The molecule has 1 N–H and O–H groups in total. The van der Waals surface area contributed by atoms with Crippen LogP contribution in [-0.2, 0) is 6.54 Å². The van der Waals surface area contributed by atoms with Crippen LogP contribution in [0.1, 0.15) is 16.2 Å². The average molecular weight is 345 g/mol. The van der Waals surface area contributed by atoms with Crippen molar-refractivity contribution in [3.63, 3.8) is 0 Å². The molecule has 0 spiro atoms. The molecular weight excluding hydrogens is 326 g/mol. The molecule has 0 saturated heterocycles. The number of benzene rings is 1. The van der Waals surface area contributed by atoms with E-state index in [1.165, 1.54) is 7.11 Å². The van der Waals surface area contributed by atoms with E-state index in [2.05, 4.69) is 20.3 Å². The van der Waals surface area contributed by atoms with E-state index < -0.39 is 0 Å². The van der Waals surface area contributed by atoms with Crippen LogP contribution in [0, 0.1) is 0 Å². The van der Waals surface area contributed by atoms with Crippen LogP contribution in [0.2, 0.25) is 0 Å². The minimum atomic E-state index is -0.298. The smallest absolute Gasteiger partial charge is 0.321 e. The quantitative estimate of drug-likeness (QED) is 0.843. The third-order valence-corrected chi connectivity index (χ3v) is 3.45. The number of methoxy groups -OCH3 is 1. The van der Waals surface area contributed by atoms with Gasteiger partial charge in [0.2, 0.25) is 5.95 Å². The van der Waals surface area contributed by atoms with E-state index in [9.17, 15) is 4.79 Å². The van der Waals surface area contributed by atoms with Crippen LogP contribution in [0.4, 0.5) is 5.95 Å². The summed E-state index contributed by atoms with van der Waals surface area (Å²) in [7, 11) is 5.10. The third kappa shape index (κ3) is 3.70. The van der Waals surface area contributed by atoms with Crippen molar-refractivity contribution in [3.8, 4) is 17.5 Å². The Bertz CT molecular complexity index is 781. The Morgan fingerprint density at radius 3 is 2.80 bits per heavy atom. The van der Waals surface area contributed by atoms with E-state index in [4.69, 9.17) is 14.2 Å². The number of fused-ring (bicyclic) bond motifs is 1. The normalized spacial score (nSPS) is 12.4. The van der Waals surface area contributed by atoms with Crippen LogP contribution >= 0.6 is 0 Å². The lowest BCUT2D eigenvalue weighted by Gasteiger charge is -2.20. The molecule has 0 saturated carbocycles. The Hall–Kier alpha value is -3.10. The highest BCUT2D eigenvalue weighted by molar-refractivity contribution is 5.97. The number of nitrogens with zero attached hydrogens (tertiary/aromatic N) is 4. The third-order valence-electron chi connectivity index (χ3n) is 3.45. The van der Waals surface area contributed by atoms with Crippen LogP contribution in [-0.4, -0.2) is 55.3 Å². The molecule has 9 heteroatoms. The van der Waals surface area contributed by atoms with Gasteiger partial charge < -0.3 is 24.4 Å². The number of carbonyl (C=O) groups excluding carboxylic acids is 1. The van der Waals surface area contributed by atoms with Gasteiger partial charge in [0.25, 0.3) is 5.91 Å². The molecule has 9 nitrogen and oxygen atoms in total. The molecule has 1 amide bonds. The molecule has 1 aromatic heterocycles. The van der Waals surface area contributed by atoms with Crippen LogP contribution in [0.5, 0.6) is 17.5 Å². The molecule has 2 aromatic rings. The van der Waals surface area contributed by atoms with Crippen LogP contribution < -0.4 is 24.4 Å². The highest BCUT2D eigenvalue weighted by Crippen LogP contribution is 2.33. The van der Waals surface area contributed by atoms with Gasteiger partial charge in [-0.3, -0.25) is 4.79 Å². The number of para-hydroxylation sites is 1. The lowest BCUT2D eigenvalue weighted by molar-refractivity contribution is 0.0938. The van der Waals surface area contributed by atoms with Crippen molar-refractivity contribution in [2.45, 2.75) is 6.54 Å². The van der Waals surface area contributed by atoms with E-state index in [1.54, 1.807) is 23.1 Å². The number of hydrogen-bond donors (Lipinski definition) is 1. The molecule has 1 aliphatic rings. The molecule has 2 heterocycles. The summed E-state index contributed by atoms with van der Waals surface area (Å²) < 4.78 is 16.1. The Morgan fingerprint density at radius 1 is 1.24 bits per heavy atom. The minimum absolute atomic E-state index is 0.128. The van der Waals surface area contributed by atoms with Gasteiger partial charge in [0.1, 0.15) is 13.2 Å². The van der Waals surface area contributed by atoms with Crippen molar-refractivity contribution in [3.05, 3.63) is 29.6 Å². The standard InChI is InChI=1S/C16H19N5O4/c1-21(2)15-18-12(19-16(20-15)23-3)9-17-14(22)10-5-4-6-11-13(10)25-8-7-24-11/h4-6H,7-9H2,1-3H3,(H,17,22).